The van der Waals surface area contributed by atoms with Crippen molar-refractivity contribution in [1.82, 2.24) is 5.32 Å². The second-order valence-electron chi connectivity index (χ2n) is 5.48. The molecule has 0 aliphatic carbocycles. The fourth-order valence-corrected chi connectivity index (χ4v) is 2.61. The summed E-state index contributed by atoms with van der Waals surface area (Å²) in [6.45, 7) is 12.4. The minimum atomic E-state index is 0.570. The maximum absolute atomic E-state index is 3.54. The van der Waals surface area contributed by atoms with E-state index < -0.39 is 0 Å². The smallest absolute Gasteiger partial charge is 0.0401 e. The average molecular weight is 232 g/mol. The molecule has 1 aromatic rings. The van der Waals surface area contributed by atoms with E-state index in [9.17, 15) is 0 Å². The van der Waals surface area contributed by atoms with Gasteiger partial charge in [-0.2, -0.15) is 0 Å². The van der Waals surface area contributed by atoms with Crippen LogP contribution in [-0.4, -0.2) is 25.7 Å². The molecule has 94 valence electrons. The first-order valence-corrected chi connectivity index (χ1v) is 6.63. The molecule has 1 fully saturated rings. The molecule has 1 aliphatic heterocycles. The van der Waals surface area contributed by atoms with Crippen molar-refractivity contribution in [3.63, 3.8) is 0 Å². The summed E-state index contributed by atoms with van der Waals surface area (Å²) in [7, 11) is 0. The topological polar surface area (TPSA) is 15.3 Å². The standard InChI is InChI=1S/C15H24N2/c1-11-8-16-9-13(3)17(10-11)15-7-5-6-12(2)14(15)4/h5-7,11,13,16H,8-10H2,1-4H3. The predicted molar refractivity (Wildman–Crippen MR) is 74.8 cm³/mol. The molecular formula is C15H24N2. The summed E-state index contributed by atoms with van der Waals surface area (Å²) in [5.74, 6) is 0.708. The Kier molecular flexibility index (Phi) is 3.72. The third-order valence-electron chi connectivity index (χ3n) is 3.86. The zero-order valence-electron chi connectivity index (χ0n) is 11.5. The van der Waals surface area contributed by atoms with Gasteiger partial charge in [0.25, 0.3) is 0 Å². The lowest BCUT2D eigenvalue weighted by atomic mass is 10.0. The van der Waals surface area contributed by atoms with E-state index in [1.54, 1.807) is 0 Å². The first-order chi connectivity index (χ1) is 8.09. The Balaban J connectivity index is 2.32. The second kappa shape index (κ2) is 5.09. The second-order valence-corrected chi connectivity index (χ2v) is 5.48. The third kappa shape index (κ3) is 2.63. The number of benzene rings is 1. The van der Waals surface area contributed by atoms with Gasteiger partial charge in [-0.1, -0.05) is 19.1 Å². The molecule has 0 aromatic heterocycles. The molecule has 2 unspecified atom stereocenters. The zero-order chi connectivity index (χ0) is 12.4. The van der Waals surface area contributed by atoms with Crippen LogP contribution in [-0.2, 0) is 0 Å². The van der Waals surface area contributed by atoms with Crippen LogP contribution in [0, 0.1) is 19.8 Å². The summed E-state index contributed by atoms with van der Waals surface area (Å²) < 4.78 is 0. The van der Waals surface area contributed by atoms with E-state index in [0.717, 1.165) is 19.6 Å². The number of nitrogens with one attached hydrogen (secondary N) is 1. The number of rotatable bonds is 1. The molecule has 1 aliphatic rings. The van der Waals surface area contributed by atoms with Gasteiger partial charge in [-0.3, -0.25) is 0 Å². The fourth-order valence-electron chi connectivity index (χ4n) is 2.61. The Morgan fingerprint density at radius 2 is 1.94 bits per heavy atom. The summed E-state index contributed by atoms with van der Waals surface area (Å²) in [5.41, 5.74) is 4.22. The van der Waals surface area contributed by atoms with Crippen LogP contribution in [0.2, 0.25) is 0 Å². The molecule has 2 nitrogen and oxygen atoms in total. The molecule has 1 N–H and O–H groups in total. The molecule has 1 aromatic carbocycles. The van der Waals surface area contributed by atoms with Gasteiger partial charge in [-0.25, -0.2) is 0 Å². The minimum absolute atomic E-state index is 0.570. The van der Waals surface area contributed by atoms with E-state index in [0.29, 0.717) is 12.0 Å². The normalized spacial score (nSPS) is 25.8. The summed E-state index contributed by atoms with van der Waals surface area (Å²) >= 11 is 0. The van der Waals surface area contributed by atoms with Crippen molar-refractivity contribution in [3.05, 3.63) is 29.3 Å². The highest BCUT2D eigenvalue weighted by Gasteiger charge is 2.22. The van der Waals surface area contributed by atoms with E-state index in [1.807, 2.05) is 0 Å². The Morgan fingerprint density at radius 3 is 2.71 bits per heavy atom. The van der Waals surface area contributed by atoms with Crippen LogP contribution in [0.15, 0.2) is 18.2 Å². The third-order valence-corrected chi connectivity index (χ3v) is 3.86. The molecule has 0 bridgehead atoms. The van der Waals surface area contributed by atoms with Crippen molar-refractivity contribution in [2.45, 2.75) is 33.7 Å². The minimum Gasteiger partial charge on any atom is -0.367 e. The molecule has 2 rings (SSSR count). The van der Waals surface area contributed by atoms with Gasteiger partial charge in [0.05, 0.1) is 0 Å². The number of anilines is 1. The number of aryl methyl sites for hydroxylation is 1. The number of nitrogens with zero attached hydrogens (tertiary/aromatic N) is 1. The average Bonchev–Trinajstić information content (AvgIpc) is 2.45. The van der Waals surface area contributed by atoms with Crippen LogP contribution < -0.4 is 10.2 Å². The monoisotopic (exact) mass is 232 g/mol. The maximum Gasteiger partial charge on any atom is 0.0401 e. The van der Waals surface area contributed by atoms with Crippen molar-refractivity contribution in [2.75, 3.05) is 24.5 Å². The van der Waals surface area contributed by atoms with Crippen LogP contribution >= 0.6 is 0 Å². The number of hydrogen-bond donors (Lipinski definition) is 1. The molecule has 2 atom stereocenters. The van der Waals surface area contributed by atoms with Crippen molar-refractivity contribution < 1.29 is 0 Å². The first kappa shape index (κ1) is 12.4. The van der Waals surface area contributed by atoms with Gasteiger partial charge >= 0.3 is 0 Å². The van der Waals surface area contributed by atoms with E-state index in [4.69, 9.17) is 0 Å². The zero-order valence-corrected chi connectivity index (χ0v) is 11.5. The quantitative estimate of drug-likeness (QED) is 0.801. The van der Waals surface area contributed by atoms with Gasteiger partial charge in [0.2, 0.25) is 0 Å². The van der Waals surface area contributed by atoms with Crippen LogP contribution in [0.1, 0.15) is 25.0 Å². The Labute approximate surface area is 105 Å². The molecule has 0 radical (unpaired) electrons. The van der Waals surface area contributed by atoms with Crippen molar-refractivity contribution in [1.29, 1.82) is 0 Å². The van der Waals surface area contributed by atoms with Crippen molar-refractivity contribution in [2.24, 2.45) is 5.92 Å². The lowest BCUT2D eigenvalue weighted by Crippen LogP contribution is -2.38. The first-order valence-electron chi connectivity index (χ1n) is 6.63. The van der Waals surface area contributed by atoms with Gasteiger partial charge in [0.15, 0.2) is 0 Å². The van der Waals surface area contributed by atoms with Crippen LogP contribution in [0.5, 0.6) is 0 Å². The van der Waals surface area contributed by atoms with Gasteiger partial charge in [0, 0.05) is 24.8 Å². The predicted octanol–water partition coefficient (Wildman–Crippen LogP) is 2.74. The molecule has 0 spiro atoms. The van der Waals surface area contributed by atoms with Gasteiger partial charge in [-0.15, -0.1) is 0 Å². The summed E-state index contributed by atoms with van der Waals surface area (Å²) in [4.78, 5) is 2.56. The maximum atomic E-state index is 3.54. The largest absolute Gasteiger partial charge is 0.367 e. The fraction of sp³-hybridized carbons (Fsp3) is 0.600. The van der Waals surface area contributed by atoms with Gasteiger partial charge in [0.1, 0.15) is 0 Å². The highest BCUT2D eigenvalue weighted by atomic mass is 15.2. The lowest BCUT2D eigenvalue weighted by Gasteiger charge is -2.32. The van der Waals surface area contributed by atoms with Crippen LogP contribution in [0.4, 0.5) is 5.69 Å². The molecule has 17 heavy (non-hydrogen) atoms. The molecule has 1 heterocycles. The molecule has 1 saturated heterocycles. The Hall–Kier alpha value is -1.02. The highest BCUT2D eigenvalue weighted by Crippen LogP contribution is 2.26. The SMILES string of the molecule is Cc1cccc(N2CC(C)CNCC2C)c1C. The highest BCUT2D eigenvalue weighted by molar-refractivity contribution is 5.56. The molecule has 2 heteroatoms. The van der Waals surface area contributed by atoms with Crippen molar-refractivity contribution in [3.8, 4) is 0 Å². The molecular weight excluding hydrogens is 208 g/mol. The van der Waals surface area contributed by atoms with E-state index >= 15 is 0 Å². The van der Waals surface area contributed by atoms with Gasteiger partial charge in [-0.05, 0) is 50.4 Å². The Bertz CT molecular complexity index is 387. The van der Waals surface area contributed by atoms with E-state index in [1.165, 1.54) is 16.8 Å². The Morgan fingerprint density at radius 1 is 1.18 bits per heavy atom. The van der Waals surface area contributed by atoms with Crippen molar-refractivity contribution >= 4 is 5.69 Å². The summed E-state index contributed by atoms with van der Waals surface area (Å²) in [5, 5.41) is 3.54. The van der Waals surface area contributed by atoms with Crippen LogP contribution in [0.25, 0.3) is 0 Å². The lowest BCUT2D eigenvalue weighted by molar-refractivity contribution is 0.563. The number of hydrogen-bond acceptors (Lipinski definition) is 2. The van der Waals surface area contributed by atoms with E-state index in [2.05, 4.69) is 56.1 Å². The summed E-state index contributed by atoms with van der Waals surface area (Å²) in [6.07, 6.45) is 0. The van der Waals surface area contributed by atoms with Gasteiger partial charge < -0.3 is 10.2 Å². The van der Waals surface area contributed by atoms with E-state index in [-0.39, 0.29) is 0 Å². The van der Waals surface area contributed by atoms with Crippen LogP contribution in [0.3, 0.4) is 0 Å². The summed E-state index contributed by atoms with van der Waals surface area (Å²) in [6, 6.07) is 7.20. The molecule has 0 amide bonds. The molecule has 0 saturated carbocycles.